The van der Waals surface area contributed by atoms with Crippen molar-refractivity contribution in [2.24, 2.45) is 0 Å². The summed E-state index contributed by atoms with van der Waals surface area (Å²) in [5.74, 6) is -0.450. The Bertz CT molecular complexity index is 385. The number of nitrogens with one attached hydrogen (secondary N) is 1. The molecule has 108 valence electrons. The highest BCUT2D eigenvalue weighted by molar-refractivity contribution is 5.74. The number of piperidine rings is 1. The number of amides is 1. The van der Waals surface area contributed by atoms with E-state index in [-0.39, 0.29) is 23.4 Å². The quantitative estimate of drug-likeness (QED) is 0.760. The van der Waals surface area contributed by atoms with Crippen molar-refractivity contribution < 1.29 is 23.9 Å². The van der Waals surface area contributed by atoms with Crippen LogP contribution in [0.2, 0.25) is 0 Å². The maximum atomic E-state index is 12.3. The Hall–Kier alpha value is -1.18. The van der Waals surface area contributed by atoms with Gasteiger partial charge in [0.25, 0.3) is 0 Å². The first kappa shape index (κ1) is 14.2. The number of ether oxygens (including phenoxy) is 1. The lowest BCUT2D eigenvalue weighted by Gasteiger charge is -2.46. The summed E-state index contributed by atoms with van der Waals surface area (Å²) in [6, 6.07) is 0. The lowest BCUT2D eigenvalue weighted by atomic mass is 9.92. The van der Waals surface area contributed by atoms with Crippen LogP contribution in [0.3, 0.4) is 0 Å². The molecule has 2 aliphatic rings. The molecule has 2 heterocycles. The Kier molecular flexibility index (Phi) is 3.80. The van der Waals surface area contributed by atoms with E-state index in [1.54, 1.807) is 6.92 Å². The van der Waals surface area contributed by atoms with Crippen LogP contribution in [0.25, 0.3) is 0 Å². The molecule has 0 bridgehead atoms. The maximum absolute atomic E-state index is 12.3. The first-order valence-electron chi connectivity index (χ1n) is 6.73. The Morgan fingerprint density at radius 1 is 1.53 bits per heavy atom. The number of carbonyl (C=O) groups is 2. The van der Waals surface area contributed by atoms with Crippen LogP contribution < -0.4 is 5.59 Å². The van der Waals surface area contributed by atoms with Crippen LogP contribution in [-0.4, -0.2) is 47.0 Å². The lowest BCUT2D eigenvalue weighted by Crippen LogP contribution is -2.73. The molecule has 0 aliphatic carbocycles. The number of hydrogen-bond donors (Lipinski definition) is 1. The summed E-state index contributed by atoms with van der Waals surface area (Å²) in [5.41, 5.74) is 2.37. The van der Waals surface area contributed by atoms with Crippen molar-refractivity contribution >= 4 is 12.1 Å². The van der Waals surface area contributed by atoms with E-state index in [2.05, 4.69) is 19.4 Å². The second-order valence-electron chi connectivity index (χ2n) is 5.58. The molecule has 7 nitrogen and oxygen atoms in total. The molecule has 2 aliphatic heterocycles. The third-order valence-electron chi connectivity index (χ3n) is 3.76. The molecule has 2 rings (SSSR count). The number of nitrogens with zero attached hydrogens (tertiary/aromatic N) is 2. The van der Waals surface area contributed by atoms with Crippen LogP contribution in [0, 0.1) is 0 Å². The van der Waals surface area contributed by atoms with Gasteiger partial charge in [0.15, 0.2) is 0 Å². The van der Waals surface area contributed by atoms with Gasteiger partial charge in [-0.15, -0.1) is 5.01 Å². The molecule has 0 spiro atoms. The minimum Gasteiger partial charge on any atom is -0.417 e. The largest absolute Gasteiger partial charge is 0.560 e. The minimum absolute atomic E-state index is 0.0672. The van der Waals surface area contributed by atoms with Crippen molar-refractivity contribution in [1.82, 2.24) is 10.6 Å². The lowest BCUT2D eigenvalue weighted by molar-refractivity contribution is -1.02. The fourth-order valence-corrected chi connectivity index (χ4v) is 2.83. The van der Waals surface area contributed by atoms with E-state index in [9.17, 15) is 9.59 Å². The van der Waals surface area contributed by atoms with Gasteiger partial charge in [-0.1, -0.05) is 0 Å². The number of hydrogen-bond acceptors (Lipinski definition) is 6. The third kappa shape index (κ3) is 2.45. The van der Waals surface area contributed by atoms with Gasteiger partial charge >= 0.3 is 12.1 Å². The molecule has 0 radical (unpaired) electrons. The number of rotatable bonds is 2. The van der Waals surface area contributed by atoms with Crippen LogP contribution in [0.5, 0.6) is 0 Å². The van der Waals surface area contributed by atoms with Crippen LogP contribution >= 0.6 is 0 Å². The molecule has 19 heavy (non-hydrogen) atoms. The van der Waals surface area contributed by atoms with Crippen molar-refractivity contribution in [1.29, 1.82) is 0 Å². The first-order valence-corrected chi connectivity index (χ1v) is 6.73. The normalized spacial score (nSPS) is 31.0. The van der Waals surface area contributed by atoms with Crippen molar-refractivity contribution in [2.75, 3.05) is 19.7 Å². The Labute approximate surface area is 112 Å². The predicted octanol–water partition coefficient (Wildman–Crippen LogP) is 1.12. The highest BCUT2D eigenvalue weighted by atomic mass is 16.8. The van der Waals surface area contributed by atoms with E-state index >= 15 is 0 Å². The van der Waals surface area contributed by atoms with E-state index in [4.69, 9.17) is 9.57 Å². The van der Waals surface area contributed by atoms with Crippen molar-refractivity contribution in [3.8, 4) is 0 Å². The molecular formula is C12H22N3O4+. The van der Waals surface area contributed by atoms with Gasteiger partial charge in [0, 0.05) is 5.59 Å². The maximum Gasteiger partial charge on any atom is 0.560 e. The third-order valence-corrected chi connectivity index (χ3v) is 3.76. The summed E-state index contributed by atoms with van der Waals surface area (Å²) in [4.78, 5) is 28.6. The smallest absolute Gasteiger partial charge is 0.417 e. The van der Waals surface area contributed by atoms with Crippen molar-refractivity contribution in [3.05, 3.63) is 0 Å². The standard InChI is InChI=1S/C12H22N3O4/c1-4-18-11(17)15(9-10(16)19-13-15)14-8-6-5-7-12(14,2)3/h13H,4-9H2,1-3H3/q+1. The average Bonchev–Trinajstić information content (AvgIpc) is 2.72. The van der Waals surface area contributed by atoms with Gasteiger partial charge in [0.2, 0.25) is 6.54 Å². The van der Waals surface area contributed by atoms with E-state index in [0.717, 1.165) is 25.8 Å². The molecule has 2 saturated heterocycles. The summed E-state index contributed by atoms with van der Waals surface area (Å²) in [5, 5.41) is 1.96. The molecular weight excluding hydrogens is 250 g/mol. The number of carbonyl (C=O) groups excluding carboxylic acids is 2. The summed E-state index contributed by atoms with van der Waals surface area (Å²) >= 11 is 0. The highest BCUT2D eigenvalue weighted by Gasteiger charge is 2.59. The molecule has 0 aromatic rings. The van der Waals surface area contributed by atoms with Crippen molar-refractivity contribution in [3.63, 3.8) is 0 Å². The zero-order valence-electron chi connectivity index (χ0n) is 11.8. The van der Waals surface area contributed by atoms with E-state index in [1.165, 1.54) is 0 Å². The van der Waals surface area contributed by atoms with E-state index < -0.39 is 12.1 Å². The average molecular weight is 272 g/mol. The molecule has 1 unspecified atom stereocenters. The van der Waals surface area contributed by atoms with Crippen molar-refractivity contribution in [2.45, 2.75) is 45.6 Å². The van der Waals surface area contributed by atoms with Crippen LogP contribution in [0.1, 0.15) is 40.0 Å². The van der Waals surface area contributed by atoms with Gasteiger partial charge in [-0.3, -0.25) is 0 Å². The second kappa shape index (κ2) is 5.07. The molecule has 1 N–H and O–H groups in total. The summed E-state index contributed by atoms with van der Waals surface area (Å²) in [6.45, 7) is 6.79. The van der Waals surface area contributed by atoms with Gasteiger partial charge in [-0.25, -0.2) is 4.79 Å². The van der Waals surface area contributed by atoms with Crippen LogP contribution in [-0.2, 0) is 14.4 Å². The fourth-order valence-electron chi connectivity index (χ4n) is 2.83. The molecule has 0 saturated carbocycles. The predicted molar refractivity (Wildman–Crippen MR) is 66.0 cm³/mol. The van der Waals surface area contributed by atoms with Crippen LogP contribution in [0.15, 0.2) is 0 Å². The van der Waals surface area contributed by atoms with Gasteiger partial charge in [-0.05, 0) is 44.7 Å². The van der Waals surface area contributed by atoms with Gasteiger partial charge in [0.1, 0.15) is 0 Å². The highest BCUT2D eigenvalue weighted by Crippen LogP contribution is 2.33. The minimum atomic E-state index is -0.497. The monoisotopic (exact) mass is 272 g/mol. The Balaban J connectivity index is 2.32. The number of quaternary nitrogens is 1. The van der Waals surface area contributed by atoms with E-state index in [0.29, 0.717) is 0 Å². The van der Waals surface area contributed by atoms with E-state index in [1.807, 2.05) is 5.01 Å². The Morgan fingerprint density at radius 3 is 2.79 bits per heavy atom. The summed E-state index contributed by atoms with van der Waals surface area (Å²) in [7, 11) is 0. The SMILES string of the molecule is CCOC(=O)[N+]1(N2CCCCC2(C)C)CC(=O)ON1. The molecule has 1 atom stereocenters. The van der Waals surface area contributed by atoms with Gasteiger partial charge in [0.05, 0.1) is 18.7 Å². The zero-order chi connectivity index (χ0) is 14.1. The summed E-state index contributed by atoms with van der Waals surface area (Å²) < 4.78 is 4.73. The first-order chi connectivity index (χ1) is 8.92. The molecule has 0 aromatic carbocycles. The van der Waals surface area contributed by atoms with Crippen LogP contribution in [0.4, 0.5) is 4.79 Å². The zero-order valence-corrected chi connectivity index (χ0v) is 11.8. The molecule has 1 amide bonds. The molecule has 2 fully saturated rings. The van der Waals surface area contributed by atoms with Gasteiger partial charge < -0.3 is 9.57 Å². The topological polar surface area (TPSA) is 67.9 Å². The fraction of sp³-hybridized carbons (Fsp3) is 0.833. The second-order valence-corrected chi connectivity index (χ2v) is 5.58. The van der Waals surface area contributed by atoms with Gasteiger partial charge in [-0.2, -0.15) is 4.79 Å². The summed E-state index contributed by atoms with van der Waals surface area (Å²) in [6.07, 6.45) is 2.56. The molecule has 7 heteroatoms. The Morgan fingerprint density at radius 2 is 2.26 bits per heavy atom. The molecule has 0 aromatic heterocycles.